The van der Waals surface area contributed by atoms with Crippen LogP contribution in [0.1, 0.15) is 70.2 Å². The number of rotatable bonds is 0. The summed E-state index contributed by atoms with van der Waals surface area (Å²) >= 11 is 0. The highest BCUT2D eigenvalue weighted by Gasteiger charge is 2.28. The predicted octanol–water partition coefficient (Wildman–Crippen LogP) is 5.24. The first-order valence-electron chi connectivity index (χ1n) is 7.04. The molecule has 0 heterocycles. The van der Waals surface area contributed by atoms with Crippen LogP contribution in [0.25, 0.3) is 6.08 Å². The van der Waals surface area contributed by atoms with Gasteiger partial charge in [0, 0.05) is 0 Å². The van der Waals surface area contributed by atoms with Gasteiger partial charge in [0.25, 0.3) is 0 Å². The molecule has 0 N–H and O–H groups in total. The molecule has 1 aliphatic carbocycles. The summed E-state index contributed by atoms with van der Waals surface area (Å²) in [6, 6.07) is 4.70. The van der Waals surface area contributed by atoms with Crippen LogP contribution in [-0.4, -0.2) is 0 Å². The van der Waals surface area contributed by atoms with Crippen molar-refractivity contribution < 1.29 is 0 Å². The van der Waals surface area contributed by atoms with Crippen LogP contribution in [-0.2, 0) is 17.3 Å². The molecule has 0 aromatic heterocycles. The van der Waals surface area contributed by atoms with E-state index in [1.807, 2.05) is 0 Å². The predicted molar refractivity (Wildman–Crippen MR) is 81.2 cm³/mol. The highest BCUT2D eigenvalue weighted by molar-refractivity contribution is 5.64. The molecule has 0 saturated carbocycles. The lowest BCUT2D eigenvalue weighted by Crippen LogP contribution is -2.24. The van der Waals surface area contributed by atoms with Crippen LogP contribution in [0.15, 0.2) is 18.2 Å². The quantitative estimate of drug-likeness (QED) is 0.583. The summed E-state index contributed by atoms with van der Waals surface area (Å²) in [5.41, 5.74) is 6.47. The third-order valence-electron chi connectivity index (χ3n) is 3.76. The van der Waals surface area contributed by atoms with Gasteiger partial charge in [0.15, 0.2) is 0 Å². The van der Waals surface area contributed by atoms with Gasteiger partial charge in [0.05, 0.1) is 0 Å². The molecule has 1 aromatic rings. The van der Waals surface area contributed by atoms with Crippen molar-refractivity contribution in [3.63, 3.8) is 0 Å². The monoisotopic (exact) mass is 242 g/mol. The molecule has 0 saturated heterocycles. The molecule has 98 valence electrons. The van der Waals surface area contributed by atoms with E-state index in [0.29, 0.717) is 0 Å². The molecule has 0 spiro atoms. The van der Waals surface area contributed by atoms with Crippen LogP contribution >= 0.6 is 0 Å². The maximum absolute atomic E-state index is 2.36. The molecule has 1 aliphatic rings. The molecule has 0 unspecified atom stereocenters. The number of hydrogen-bond donors (Lipinski definition) is 0. The summed E-state index contributed by atoms with van der Waals surface area (Å²) in [6.07, 6.45) is 7.05. The van der Waals surface area contributed by atoms with E-state index < -0.39 is 0 Å². The number of benzene rings is 1. The molecule has 0 fully saturated rings. The minimum absolute atomic E-state index is 0.204. The Morgan fingerprint density at radius 3 is 2.11 bits per heavy atom. The SMILES string of the molecule is CC(C)(C)c1ccc2c(c1C(C)(C)C)C=CCC2. The normalized spacial score (nSPS) is 15.7. The van der Waals surface area contributed by atoms with Gasteiger partial charge in [0.2, 0.25) is 0 Å². The Morgan fingerprint density at radius 2 is 1.56 bits per heavy atom. The zero-order valence-electron chi connectivity index (χ0n) is 12.7. The third kappa shape index (κ3) is 2.39. The zero-order valence-corrected chi connectivity index (χ0v) is 12.7. The highest BCUT2D eigenvalue weighted by Crippen LogP contribution is 2.39. The van der Waals surface area contributed by atoms with Crippen LogP contribution in [0, 0.1) is 0 Å². The second kappa shape index (κ2) is 4.26. The molecule has 1 aromatic carbocycles. The Balaban J connectivity index is 2.75. The lowest BCUT2D eigenvalue weighted by atomic mass is 9.71. The standard InChI is InChI=1S/C18H26/c1-17(2,3)15-12-11-13-9-7-8-10-14(13)16(15)18(4,5)6/h8,10-12H,7,9H2,1-6H3. The van der Waals surface area contributed by atoms with E-state index in [1.54, 1.807) is 5.56 Å². The van der Waals surface area contributed by atoms with E-state index in [1.165, 1.54) is 29.5 Å². The minimum Gasteiger partial charge on any atom is -0.0836 e. The summed E-state index contributed by atoms with van der Waals surface area (Å²) in [5.74, 6) is 0. The van der Waals surface area contributed by atoms with Crippen molar-refractivity contribution in [2.45, 2.75) is 65.2 Å². The fourth-order valence-electron chi connectivity index (χ4n) is 2.94. The largest absolute Gasteiger partial charge is 0.0836 e. The first-order chi connectivity index (χ1) is 8.21. The summed E-state index contributed by atoms with van der Waals surface area (Å²) in [6.45, 7) is 13.9. The highest BCUT2D eigenvalue weighted by atomic mass is 14.3. The van der Waals surface area contributed by atoms with Gasteiger partial charge in [-0.05, 0) is 45.9 Å². The molecule has 18 heavy (non-hydrogen) atoms. The Hall–Kier alpha value is -1.04. The van der Waals surface area contributed by atoms with E-state index in [0.717, 1.165) is 0 Å². The second-order valence-corrected chi connectivity index (χ2v) is 7.50. The molecule has 0 nitrogen and oxygen atoms in total. The maximum Gasteiger partial charge on any atom is -0.0123 e. The average molecular weight is 242 g/mol. The number of allylic oxidation sites excluding steroid dienone is 1. The average Bonchev–Trinajstić information content (AvgIpc) is 2.24. The Bertz CT molecular complexity index is 476. The molecule has 0 radical (unpaired) electrons. The van der Waals surface area contributed by atoms with Gasteiger partial charge in [-0.1, -0.05) is 65.8 Å². The van der Waals surface area contributed by atoms with Crippen molar-refractivity contribution >= 4 is 6.08 Å². The van der Waals surface area contributed by atoms with Crippen molar-refractivity contribution in [1.29, 1.82) is 0 Å². The summed E-state index contributed by atoms with van der Waals surface area (Å²) in [4.78, 5) is 0. The maximum atomic E-state index is 2.36. The van der Waals surface area contributed by atoms with Crippen LogP contribution in [0.3, 0.4) is 0 Å². The Morgan fingerprint density at radius 1 is 0.889 bits per heavy atom. The Kier molecular flexibility index (Phi) is 3.17. The van der Waals surface area contributed by atoms with E-state index in [2.05, 4.69) is 65.8 Å². The lowest BCUT2D eigenvalue weighted by molar-refractivity contribution is 0.528. The van der Waals surface area contributed by atoms with Crippen molar-refractivity contribution in [2.75, 3.05) is 0 Å². The molecule has 0 bridgehead atoms. The summed E-state index contributed by atoms with van der Waals surface area (Å²) in [7, 11) is 0. The van der Waals surface area contributed by atoms with Gasteiger partial charge < -0.3 is 0 Å². The number of aryl methyl sites for hydroxylation is 1. The fraction of sp³-hybridized carbons (Fsp3) is 0.556. The van der Waals surface area contributed by atoms with Crippen LogP contribution in [0.5, 0.6) is 0 Å². The smallest absolute Gasteiger partial charge is 0.0123 e. The van der Waals surface area contributed by atoms with E-state index >= 15 is 0 Å². The third-order valence-corrected chi connectivity index (χ3v) is 3.76. The van der Waals surface area contributed by atoms with Crippen LogP contribution in [0.2, 0.25) is 0 Å². The van der Waals surface area contributed by atoms with Gasteiger partial charge in [-0.25, -0.2) is 0 Å². The van der Waals surface area contributed by atoms with Crippen LogP contribution < -0.4 is 0 Å². The van der Waals surface area contributed by atoms with E-state index in [9.17, 15) is 0 Å². The van der Waals surface area contributed by atoms with E-state index in [-0.39, 0.29) is 10.8 Å². The Labute approximate surface area is 112 Å². The van der Waals surface area contributed by atoms with Crippen molar-refractivity contribution in [3.05, 3.63) is 40.5 Å². The molecule has 0 atom stereocenters. The van der Waals surface area contributed by atoms with Crippen molar-refractivity contribution in [3.8, 4) is 0 Å². The molecule has 2 rings (SSSR count). The molecular formula is C18H26. The van der Waals surface area contributed by atoms with Gasteiger partial charge in [-0.15, -0.1) is 0 Å². The first-order valence-corrected chi connectivity index (χ1v) is 7.04. The molecule has 0 amide bonds. The second-order valence-electron chi connectivity index (χ2n) is 7.50. The molecule has 0 heteroatoms. The minimum atomic E-state index is 0.204. The topological polar surface area (TPSA) is 0 Å². The number of hydrogen-bond acceptors (Lipinski definition) is 0. The van der Waals surface area contributed by atoms with Gasteiger partial charge in [-0.3, -0.25) is 0 Å². The number of fused-ring (bicyclic) bond motifs is 1. The van der Waals surface area contributed by atoms with Crippen molar-refractivity contribution in [2.24, 2.45) is 0 Å². The zero-order chi connectivity index (χ0) is 13.6. The molecule has 0 aliphatic heterocycles. The molecular weight excluding hydrogens is 216 g/mol. The first kappa shape index (κ1) is 13.4. The van der Waals surface area contributed by atoms with Gasteiger partial charge in [-0.2, -0.15) is 0 Å². The summed E-state index contributed by atoms with van der Waals surface area (Å²) < 4.78 is 0. The van der Waals surface area contributed by atoms with Crippen molar-refractivity contribution in [1.82, 2.24) is 0 Å². The van der Waals surface area contributed by atoms with Gasteiger partial charge in [0.1, 0.15) is 0 Å². The van der Waals surface area contributed by atoms with Gasteiger partial charge >= 0.3 is 0 Å². The summed E-state index contributed by atoms with van der Waals surface area (Å²) in [5, 5.41) is 0. The van der Waals surface area contributed by atoms with Crippen LogP contribution in [0.4, 0.5) is 0 Å². The fourth-order valence-corrected chi connectivity index (χ4v) is 2.94. The van der Waals surface area contributed by atoms with E-state index in [4.69, 9.17) is 0 Å². The lowest BCUT2D eigenvalue weighted by Gasteiger charge is -2.33.